The van der Waals surface area contributed by atoms with Gasteiger partial charge in [-0.15, -0.1) is 0 Å². The highest BCUT2D eigenvalue weighted by molar-refractivity contribution is 7.86. The largest absolute Gasteiger partial charge is 0.435 e. The number of fused-ring (bicyclic) bond motifs is 1. The summed E-state index contributed by atoms with van der Waals surface area (Å²) in [5.74, 6) is -0.0734. The van der Waals surface area contributed by atoms with Gasteiger partial charge in [0.1, 0.15) is 5.75 Å². The summed E-state index contributed by atoms with van der Waals surface area (Å²) in [6, 6.07) is 3.56. The first kappa shape index (κ1) is 17.0. The number of rotatable bonds is 3. The van der Waals surface area contributed by atoms with Gasteiger partial charge < -0.3 is 8.92 Å². The third-order valence-corrected chi connectivity index (χ3v) is 4.12. The van der Waals surface area contributed by atoms with Gasteiger partial charge in [-0.05, 0) is 31.4 Å². The molecular formula is C14H15F3N2O4S. The van der Waals surface area contributed by atoms with Crippen LogP contribution in [0.3, 0.4) is 0 Å². The molecule has 0 bridgehead atoms. The highest BCUT2D eigenvalue weighted by atomic mass is 32.2. The smallest absolute Gasteiger partial charge is 0.383 e. The van der Waals surface area contributed by atoms with Gasteiger partial charge in [-0.1, -0.05) is 0 Å². The van der Waals surface area contributed by atoms with Crippen LogP contribution in [0.4, 0.5) is 13.2 Å². The monoisotopic (exact) mass is 364 g/mol. The second kappa shape index (κ2) is 5.92. The zero-order valence-electron chi connectivity index (χ0n) is 12.7. The van der Waals surface area contributed by atoms with Crippen molar-refractivity contribution in [2.24, 2.45) is 0 Å². The van der Waals surface area contributed by atoms with Gasteiger partial charge in [-0.25, -0.2) is 4.68 Å². The lowest BCUT2D eigenvalue weighted by Gasteiger charge is -2.23. The Morgan fingerprint density at radius 2 is 2.08 bits per heavy atom. The van der Waals surface area contributed by atoms with E-state index < -0.39 is 28.2 Å². The van der Waals surface area contributed by atoms with Crippen LogP contribution in [0, 0.1) is 0 Å². The molecule has 1 aliphatic heterocycles. The molecule has 0 aliphatic carbocycles. The van der Waals surface area contributed by atoms with Crippen molar-refractivity contribution in [1.29, 1.82) is 0 Å². The summed E-state index contributed by atoms with van der Waals surface area (Å²) in [5, 5.41) is 3.56. The van der Waals surface area contributed by atoms with Gasteiger partial charge in [-0.2, -0.15) is 26.7 Å². The van der Waals surface area contributed by atoms with E-state index in [4.69, 9.17) is 8.92 Å². The van der Waals surface area contributed by atoms with Crippen molar-refractivity contribution < 1.29 is 30.5 Å². The first-order valence-electron chi connectivity index (χ1n) is 7.26. The number of hydrogen-bond acceptors (Lipinski definition) is 5. The van der Waals surface area contributed by atoms with Gasteiger partial charge in [0.15, 0.2) is 11.9 Å². The number of ether oxygens (including phenoxy) is 1. The molecule has 0 N–H and O–H groups in total. The van der Waals surface area contributed by atoms with E-state index >= 15 is 0 Å². The average Bonchev–Trinajstić information content (AvgIpc) is 2.85. The van der Waals surface area contributed by atoms with Crippen molar-refractivity contribution in [3.8, 4) is 5.75 Å². The van der Waals surface area contributed by atoms with E-state index in [1.165, 1.54) is 12.1 Å². The molecular weight excluding hydrogens is 349 g/mol. The van der Waals surface area contributed by atoms with E-state index in [9.17, 15) is 21.6 Å². The highest BCUT2D eigenvalue weighted by Gasteiger charge is 2.38. The Bertz CT molecular complexity index is 855. The minimum atomic E-state index is -4.63. The van der Waals surface area contributed by atoms with Crippen molar-refractivity contribution >= 4 is 21.0 Å². The lowest BCUT2D eigenvalue weighted by molar-refractivity contribution is -0.141. The molecule has 132 valence electrons. The quantitative estimate of drug-likeness (QED) is 0.783. The van der Waals surface area contributed by atoms with Gasteiger partial charge in [-0.3, -0.25) is 0 Å². The fraction of sp³-hybridized carbons (Fsp3) is 0.500. The van der Waals surface area contributed by atoms with Crippen LogP contribution in [-0.2, 0) is 21.0 Å². The van der Waals surface area contributed by atoms with Crippen LogP contribution >= 0.6 is 0 Å². The maximum Gasteiger partial charge on any atom is 0.435 e. The summed E-state index contributed by atoms with van der Waals surface area (Å²) in [6.07, 6.45) is -2.20. The molecule has 0 saturated carbocycles. The topological polar surface area (TPSA) is 70.4 Å². The molecule has 2 aromatic rings. The molecule has 0 amide bonds. The average molecular weight is 364 g/mol. The summed E-state index contributed by atoms with van der Waals surface area (Å²) in [5.41, 5.74) is -0.909. The molecule has 1 saturated heterocycles. The van der Waals surface area contributed by atoms with Crippen LogP contribution in [0.5, 0.6) is 5.75 Å². The van der Waals surface area contributed by atoms with Crippen LogP contribution in [-0.4, -0.2) is 31.1 Å². The zero-order chi connectivity index (χ0) is 17.5. The van der Waals surface area contributed by atoms with E-state index in [-0.39, 0.29) is 16.7 Å². The standard InChI is InChI=1S/C14H15F3N2O4S/c1-24(20,21)23-9-5-6-10-11(8-9)19(12-4-2-3-7-22-12)18-13(10)14(15,16)17/h5-6,8,12H,2-4,7H2,1H3. The third kappa shape index (κ3) is 3.48. The molecule has 1 aliphatic rings. The maximum absolute atomic E-state index is 13.2. The van der Waals surface area contributed by atoms with Crippen LogP contribution in [0.25, 0.3) is 10.9 Å². The van der Waals surface area contributed by atoms with E-state index in [2.05, 4.69) is 5.10 Å². The van der Waals surface area contributed by atoms with Crippen molar-refractivity contribution in [2.75, 3.05) is 12.9 Å². The Labute approximate surface area is 136 Å². The van der Waals surface area contributed by atoms with Crippen molar-refractivity contribution in [1.82, 2.24) is 9.78 Å². The summed E-state index contributed by atoms with van der Waals surface area (Å²) in [4.78, 5) is 0. The van der Waals surface area contributed by atoms with Crippen molar-refractivity contribution in [2.45, 2.75) is 31.7 Å². The van der Waals surface area contributed by atoms with Gasteiger partial charge in [0, 0.05) is 18.1 Å². The number of halogens is 3. The second-order valence-electron chi connectivity index (χ2n) is 5.58. The fourth-order valence-electron chi connectivity index (χ4n) is 2.69. The van der Waals surface area contributed by atoms with E-state index in [0.717, 1.165) is 29.8 Å². The number of hydrogen-bond donors (Lipinski definition) is 0. The SMILES string of the molecule is CS(=O)(=O)Oc1ccc2c(C(F)(F)F)nn(C3CCCCO3)c2c1. The fourth-order valence-corrected chi connectivity index (χ4v) is 3.14. The Kier molecular flexibility index (Phi) is 4.20. The number of benzene rings is 1. The van der Waals surface area contributed by atoms with Crippen LogP contribution in [0.15, 0.2) is 18.2 Å². The van der Waals surface area contributed by atoms with Crippen molar-refractivity contribution in [3.05, 3.63) is 23.9 Å². The molecule has 0 spiro atoms. The van der Waals surface area contributed by atoms with E-state index in [1.54, 1.807) is 0 Å². The summed E-state index contributed by atoms with van der Waals surface area (Å²) >= 11 is 0. The van der Waals surface area contributed by atoms with Gasteiger partial charge in [0.05, 0.1) is 11.8 Å². The molecule has 10 heteroatoms. The minimum Gasteiger partial charge on any atom is -0.383 e. The number of nitrogens with zero attached hydrogens (tertiary/aromatic N) is 2. The highest BCUT2D eigenvalue weighted by Crippen LogP contribution is 2.37. The molecule has 1 aromatic carbocycles. The second-order valence-corrected chi connectivity index (χ2v) is 7.15. The summed E-state index contributed by atoms with van der Waals surface area (Å²) < 4.78 is 73.6. The molecule has 0 radical (unpaired) electrons. The minimum absolute atomic E-state index is 0.0734. The maximum atomic E-state index is 13.2. The number of aromatic nitrogens is 2. The molecule has 1 fully saturated rings. The Morgan fingerprint density at radius 1 is 1.33 bits per heavy atom. The van der Waals surface area contributed by atoms with E-state index in [0.29, 0.717) is 13.0 Å². The Morgan fingerprint density at radius 3 is 2.67 bits per heavy atom. The molecule has 1 unspecified atom stereocenters. The first-order chi connectivity index (χ1) is 11.1. The predicted molar refractivity (Wildman–Crippen MR) is 79.0 cm³/mol. The van der Waals surface area contributed by atoms with Gasteiger partial charge in [0.2, 0.25) is 0 Å². The van der Waals surface area contributed by atoms with Crippen molar-refractivity contribution in [3.63, 3.8) is 0 Å². The summed E-state index contributed by atoms with van der Waals surface area (Å²) in [7, 11) is -3.79. The zero-order valence-corrected chi connectivity index (χ0v) is 13.5. The normalized spacial score (nSPS) is 19.6. The first-order valence-corrected chi connectivity index (χ1v) is 9.07. The third-order valence-electron chi connectivity index (χ3n) is 3.62. The predicted octanol–water partition coefficient (Wildman–Crippen LogP) is 3.09. The number of alkyl halides is 3. The molecule has 1 aromatic heterocycles. The van der Waals surface area contributed by atoms with E-state index in [1.807, 2.05) is 0 Å². The molecule has 1 atom stereocenters. The molecule has 24 heavy (non-hydrogen) atoms. The summed E-state index contributed by atoms with van der Waals surface area (Å²) in [6.45, 7) is 0.437. The van der Waals surface area contributed by atoms with Crippen LogP contribution in [0.1, 0.15) is 31.2 Å². The lowest BCUT2D eigenvalue weighted by atomic mass is 10.1. The molecule has 6 nitrogen and oxygen atoms in total. The van der Waals surface area contributed by atoms with Gasteiger partial charge in [0.25, 0.3) is 0 Å². The van der Waals surface area contributed by atoms with Gasteiger partial charge >= 0.3 is 16.3 Å². The Balaban J connectivity index is 2.15. The Hall–Kier alpha value is -1.81. The molecule has 2 heterocycles. The lowest BCUT2D eigenvalue weighted by Crippen LogP contribution is -2.20. The molecule has 3 rings (SSSR count). The van der Waals surface area contributed by atoms with Crippen LogP contribution in [0.2, 0.25) is 0 Å². The van der Waals surface area contributed by atoms with Crippen LogP contribution < -0.4 is 4.18 Å².